The van der Waals surface area contributed by atoms with Crippen molar-refractivity contribution in [3.8, 4) is 0 Å². The Hall–Kier alpha value is -1.36. The van der Waals surface area contributed by atoms with E-state index in [1.807, 2.05) is 6.92 Å². The highest BCUT2D eigenvalue weighted by atomic mass is 16.2. The first-order valence-corrected chi connectivity index (χ1v) is 4.25. The molecule has 2 rings (SSSR count). The molecule has 1 aliphatic carbocycles. The van der Waals surface area contributed by atoms with Crippen LogP contribution >= 0.6 is 0 Å². The van der Waals surface area contributed by atoms with Crippen molar-refractivity contribution in [2.75, 3.05) is 0 Å². The topological polar surface area (TPSA) is 83.8 Å². The van der Waals surface area contributed by atoms with E-state index in [1.165, 1.54) is 0 Å². The molecule has 1 aromatic heterocycles. The molecular formula is C8H12N4O. The smallest absolute Gasteiger partial charge is 0.269 e. The third-order valence-corrected chi connectivity index (χ3v) is 2.21. The van der Waals surface area contributed by atoms with Crippen LogP contribution < -0.4 is 11.1 Å². The summed E-state index contributed by atoms with van der Waals surface area (Å²) in [5, 5.41) is 9.23. The molecule has 13 heavy (non-hydrogen) atoms. The van der Waals surface area contributed by atoms with E-state index in [2.05, 4.69) is 15.5 Å². The Balaban J connectivity index is 2.01. The zero-order valence-electron chi connectivity index (χ0n) is 7.37. The lowest BCUT2D eigenvalue weighted by molar-refractivity contribution is 0.0944. The van der Waals surface area contributed by atoms with E-state index in [0.717, 1.165) is 12.0 Å². The predicted molar refractivity (Wildman–Crippen MR) is 47.2 cm³/mol. The number of rotatable bonds is 2. The van der Waals surface area contributed by atoms with Gasteiger partial charge in [-0.2, -0.15) is 5.10 Å². The Labute approximate surface area is 75.7 Å². The number of nitrogens with two attached hydrogens (primary N) is 1. The molecular weight excluding hydrogens is 168 g/mol. The molecule has 0 saturated heterocycles. The minimum absolute atomic E-state index is 0.118. The molecule has 2 atom stereocenters. The molecule has 4 N–H and O–H groups in total. The predicted octanol–water partition coefficient (Wildman–Crippen LogP) is -0.452. The van der Waals surface area contributed by atoms with Gasteiger partial charge in [0, 0.05) is 12.1 Å². The maximum Gasteiger partial charge on any atom is 0.269 e. The summed E-state index contributed by atoms with van der Waals surface area (Å²) >= 11 is 0. The number of aromatic amines is 1. The third-order valence-electron chi connectivity index (χ3n) is 2.21. The largest absolute Gasteiger partial charge is 0.346 e. The third kappa shape index (κ3) is 1.55. The number of aryl methyl sites for hydroxylation is 1. The van der Waals surface area contributed by atoms with Gasteiger partial charge in [-0.1, -0.05) is 0 Å². The minimum atomic E-state index is -0.118. The molecule has 0 aliphatic heterocycles. The van der Waals surface area contributed by atoms with Gasteiger partial charge in [-0.15, -0.1) is 0 Å². The molecule has 2 unspecified atom stereocenters. The van der Waals surface area contributed by atoms with Crippen LogP contribution in [-0.4, -0.2) is 28.2 Å². The fourth-order valence-corrected chi connectivity index (χ4v) is 1.20. The summed E-state index contributed by atoms with van der Waals surface area (Å²) in [6, 6.07) is 0.280. The van der Waals surface area contributed by atoms with Crippen LogP contribution in [-0.2, 0) is 0 Å². The average molecular weight is 180 g/mol. The molecule has 5 heteroatoms. The van der Waals surface area contributed by atoms with Crippen molar-refractivity contribution in [1.29, 1.82) is 0 Å². The molecule has 1 heterocycles. The van der Waals surface area contributed by atoms with Crippen molar-refractivity contribution in [1.82, 2.24) is 15.5 Å². The first-order valence-electron chi connectivity index (χ1n) is 4.25. The lowest BCUT2D eigenvalue weighted by atomic mass is 10.2. The zero-order valence-corrected chi connectivity index (χ0v) is 7.37. The summed E-state index contributed by atoms with van der Waals surface area (Å²) in [6.45, 7) is 1.84. The molecule has 70 valence electrons. The standard InChI is InChI=1S/C8H12N4O/c1-4-3-10-12-7(4)8(13)11-6-2-5(6)9/h3,5-6H,2,9H2,1H3,(H,10,12)(H,11,13). The Kier molecular flexibility index (Phi) is 1.81. The zero-order chi connectivity index (χ0) is 9.42. The van der Waals surface area contributed by atoms with Crippen molar-refractivity contribution in [2.24, 2.45) is 5.73 Å². The van der Waals surface area contributed by atoms with E-state index in [0.29, 0.717) is 5.69 Å². The Bertz CT molecular complexity index is 333. The number of amides is 1. The summed E-state index contributed by atoms with van der Waals surface area (Å²) in [5.41, 5.74) is 6.95. The van der Waals surface area contributed by atoms with Gasteiger partial charge in [0.1, 0.15) is 5.69 Å². The van der Waals surface area contributed by atoms with Gasteiger partial charge in [0.05, 0.1) is 6.20 Å². The van der Waals surface area contributed by atoms with Crippen molar-refractivity contribution >= 4 is 5.91 Å². The van der Waals surface area contributed by atoms with E-state index in [-0.39, 0.29) is 18.0 Å². The van der Waals surface area contributed by atoms with Crippen LogP contribution in [0.1, 0.15) is 22.5 Å². The van der Waals surface area contributed by atoms with E-state index < -0.39 is 0 Å². The number of hydrogen-bond acceptors (Lipinski definition) is 3. The summed E-state index contributed by atoms with van der Waals surface area (Å²) < 4.78 is 0. The fourth-order valence-electron chi connectivity index (χ4n) is 1.20. The van der Waals surface area contributed by atoms with Gasteiger partial charge in [0.25, 0.3) is 5.91 Å². The number of nitrogens with one attached hydrogen (secondary N) is 2. The van der Waals surface area contributed by atoms with E-state index in [1.54, 1.807) is 6.20 Å². The SMILES string of the molecule is Cc1cn[nH]c1C(=O)NC1CC1N. The second-order valence-electron chi connectivity index (χ2n) is 3.41. The van der Waals surface area contributed by atoms with Crippen molar-refractivity contribution in [2.45, 2.75) is 25.4 Å². The van der Waals surface area contributed by atoms with Gasteiger partial charge >= 0.3 is 0 Å². The Morgan fingerprint density at radius 3 is 3.00 bits per heavy atom. The second kappa shape index (κ2) is 2.85. The molecule has 1 saturated carbocycles. The van der Waals surface area contributed by atoms with Gasteiger partial charge in [0.15, 0.2) is 0 Å². The molecule has 1 aromatic rings. The van der Waals surface area contributed by atoms with Crippen LogP contribution in [0.4, 0.5) is 0 Å². The summed E-state index contributed by atoms with van der Waals surface area (Å²) in [6.07, 6.45) is 2.50. The van der Waals surface area contributed by atoms with Crippen LogP contribution in [0.25, 0.3) is 0 Å². The van der Waals surface area contributed by atoms with E-state index in [9.17, 15) is 4.79 Å². The van der Waals surface area contributed by atoms with Crippen LogP contribution in [0.5, 0.6) is 0 Å². The van der Waals surface area contributed by atoms with E-state index >= 15 is 0 Å². The summed E-state index contributed by atoms with van der Waals surface area (Å²) in [5.74, 6) is -0.118. The molecule has 0 spiro atoms. The quantitative estimate of drug-likeness (QED) is 0.576. The average Bonchev–Trinajstić information content (AvgIpc) is 2.62. The molecule has 1 fully saturated rings. The lowest BCUT2D eigenvalue weighted by Gasteiger charge is -2.01. The first-order chi connectivity index (χ1) is 6.18. The Morgan fingerprint density at radius 1 is 1.85 bits per heavy atom. The van der Waals surface area contributed by atoms with Gasteiger partial charge in [-0.25, -0.2) is 0 Å². The highest BCUT2D eigenvalue weighted by Gasteiger charge is 2.35. The van der Waals surface area contributed by atoms with Crippen LogP contribution in [0.2, 0.25) is 0 Å². The molecule has 0 aromatic carbocycles. The molecule has 0 radical (unpaired) electrons. The maximum atomic E-state index is 11.5. The monoisotopic (exact) mass is 180 g/mol. The van der Waals surface area contributed by atoms with Gasteiger partial charge in [0.2, 0.25) is 0 Å². The summed E-state index contributed by atoms with van der Waals surface area (Å²) in [4.78, 5) is 11.5. The number of nitrogens with zero attached hydrogens (tertiary/aromatic N) is 1. The molecule has 5 nitrogen and oxygen atoms in total. The number of aromatic nitrogens is 2. The van der Waals surface area contributed by atoms with Crippen LogP contribution in [0.15, 0.2) is 6.20 Å². The molecule has 1 aliphatic rings. The Morgan fingerprint density at radius 2 is 2.54 bits per heavy atom. The van der Waals surface area contributed by atoms with Crippen molar-refractivity contribution < 1.29 is 4.79 Å². The van der Waals surface area contributed by atoms with E-state index in [4.69, 9.17) is 5.73 Å². The number of carbonyl (C=O) groups excluding carboxylic acids is 1. The normalized spacial score (nSPS) is 25.7. The summed E-state index contributed by atoms with van der Waals surface area (Å²) in [7, 11) is 0. The highest BCUT2D eigenvalue weighted by Crippen LogP contribution is 2.18. The van der Waals surface area contributed by atoms with Crippen molar-refractivity contribution in [3.63, 3.8) is 0 Å². The number of hydrogen-bond donors (Lipinski definition) is 3. The second-order valence-corrected chi connectivity index (χ2v) is 3.41. The molecule has 0 bridgehead atoms. The van der Waals surface area contributed by atoms with Crippen molar-refractivity contribution in [3.05, 3.63) is 17.5 Å². The van der Waals surface area contributed by atoms with Gasteiger partial charge in [-0.3, -0.25) is 9.89 Å². The highest BCUT2D eigenvalue weighted by molar-refractivity contribution is 5.93. The van der Waals surface area contributed by atoms with Crippen LogP contribution in [0, 0.1) is 6.92 Å². The van der Waals surface area contributed by atoms with Gasteiger partial charge in [-0.05, 0) is 18.9 Å². The molecule has 1 amide bonds. The maximum absolute atomic E-state index is 11.5. The number of carbonyl (C=O) groups is 1. The minimum Gasteiger partial charge on any atom is -0.346 e. The van der Waals surface area contributed by atoms with Gasteiger partial charge < -0.3 is 11.1 Å². The lowest BCUT2D eigenvalue weighted by Crippen LogP contribution is -2.30. The fraction of sp³-hybridized carbons (Fsp3) is 0.500. The van der Waals surface area contributed by atoms with Crippen LogP contribution in [0.3, 0.4) is 0 Å². The number of H-pyrrole nitrogens is 1. The first kappa shape index (κ1) is 8.25.